The summed E-state index contributed by atoms with van der Waals surface area (Å²) in [6.45, 7) is 4.16. The minimum atomic E-state index is -0.854. The Bertz CT molecular complexity index is 484. The molecule has 1 aromatic carbocycles. The van der Waals surface area contributed by atoms with E-state index in [-0.39, 0.29) is 0 Å². The Morgan fingerprint density at radius 1 is 1.19 bits per heavy atom. The lowest BCUT2D eigenvalue weighted by Gasteiger charge is -2.50. The lowest BCUT2D eigenvalue weighted by atomic mass is 9.79. The van der Waals surface area contributed by atoms with E-state index in [1.807, 2.05) is 12.1 Å². The number of hydrogen-bond donors (Lipinski definition) is 2. The van der Waals surface area contributed by atoms with Crippen molar-refractivity contribution < 1.29 is 9.90 Å². The van der Waals surface area contributed by atoms with Crippen molar-refractivity contribution in [2.75, 3.05) is 19.6 Å². The lowest BCUT2D eigenvalue weighted by Crippen LogP contribution is -2.61. The Morgan fingerprint density at radius 2 is 1.90 bits per heavy atom. The number of hydrogen-bond acceptors (Lipinski definition) is 3. The molecule has 0 amide bonds. The fraction of sp³-hybridized carbons (Fsp3) is 0.588. The fourth-order valence-corrected chi connectivity index (χ4v) is 3.81. The molecule has 1 aliphatic carbocycles. The second-order valence-corrected chi connectivity index (χ2v) is 6.39. The summed E-state index contributed by atoms with van der Waals surface area (Å²) in [6, 6.07) is 7.35. The maximum atomic E-state index is 10.9. The monoisotopic (exact) mass is 288 g/mol. The first-order valence-corrected chi connectivity index (χ1v) is 7.98. The van der Waals surface area contributed by atoms with Crippen LogP contribution >= 0.6 is 0 Å². The SMILES string of the molecule is O=C(O)c1ccc(CN2CCNCC23CCCCC3)cc1. The summed E-state index contributed by atoms with van der Waals surface area (Å²) in [7, 11) is 0. The summed E-state index contributed by atoms with van der Waals surface area (Å²) in [6.07, 6.45) is 6.59. The van der Waals surface area contributed by atoms with Gasteiger partial charge in [0.2, 0.25) is 0 Å². The van der Waals surface area contributed by atoms with E-state index in [9.17, 15) is 4.79 Å². The van der Waals surface area contributed by atoms with Crippen molar-refractivity contribution in [1.82, 2.24) is 10.2 Å². The van der Waals surface area contributed by atoms with Crippen LogP contribution < -0.4 is 5.32 Å². The molecule has 0 bridgehead atoms. The van der Waals surface area contributed by atoms with Gasteiger partial charge >= 0.3 is 5.97 Å². The van der Waals surface area contributed by atoms with Crippen LogP contribution in [0.1, 0.15) is 48.0 Å². The Labute approximate surface area is 126 Å². The summed E-state index contributed by atoms with van der Waals surface area (Å²) in [5.41, 5.74) is 1.90. The summed E-state index contributed by atoms with van der Waals surface area (Å²) >= 11 is 0. The van der Waals surface area contributed by atoms with E-state index in [1.165, 1.54) is 37.7 Å². The number of nitrogens with one attached hydrogen (secondary N) is 1. The number of benzene rings is 1. The Hall–Kier alpha value is -1.39. The average Bonchev–Trinajstić information content (AvgIpc) is 2.51. The normalized spacial score (nSPS) is 22.3. The average molecular weight is 288 g/mol. The van der Waals surface area contributed by atoms with E-state index in [1.54, 1.807) is 12.1 Å². The summed E-state index contributed by atoms with van der Waals surface area (Å²) < 4.78 is 0. The van der Waals surface area contributed by atoms with Crippen LogP contribution in [0, 0.1) is 0 Å². The van der Waals surface area contributed by atoms with Crippen molar-refractivity contribution in [1.29, 1.82) is 0 Å². The Kier molecular flexibility index (Phi) is 4.27. The smallest absolute Gasteiger partial charge is 0.335 e. The number of carbonyl (C=O) groups is 1. The van der Waals surface area contributed by atoms with Gasteiger partial charge in [-0.15, -0.1) is 0 Å². The van der Waals surface area contributed by atoms with Crippen LogP contribution in [0.3, 0.4) is 0 Å². The second-order valence-electron chi connectivity index (χ2n) is 6.39. The van der Waals surface area contributed by atoms with E-state index in [0.29, 0.717) is 11.1 Å². The van der Waals surface area contributed by atoms with Crippen LogP contribution in [0.15, 0.2) is 24.3 Å². The molecule has 4 nitrogen and oxygen atoms in total. The molecule has 3 rings (SSSR count). The molecule has 4 heteroatoms. The zero-order chi connectivity index (χ0) is 14.7. The summed E-state index contributed by atoms with van der Waals surface area (Å²) in [4.78, 5) is 13.5. The van der Waals surface area contributed by atoms with Gasteiger partial charge in [0.05, 0.1) is 5.56 Å². The quantitative estimate of drug-likeness (QED) is 0.897. The van der Waals surface area contributed by atoms with Crippen molar-refractivity contribution in [2.24, 2.45) is 0 Å². The van der Waals surface area contributed by atoms with Gasteiger partial charge in [-0.1, -0.05) is 31.4 Å². The molecule has 1 aliphatic heterocycles. The molecule has 0 aromatic heterocycles. The van der Waals surface area contributed by atoms with Crippen molar-refractivity contribution >= 4 is 5.97 Å². The number of nitrogens with zero attached hydrogens (tertiary/aromatic N) is 1. The van der Waals surface area contributed by atoms with E-state index in [2.05, 4.69) is 10.2 Å². The third-order valence-electron chi connectivity index (χ3n) is 5.04. The van der Waals surface area contributed by atoms with E-state index >= 15 is 0 Å². The van der Waals surface area contributed by atoms with Gasteiger partial charge in [-0.25, -0.2) is 4.79 Å². The highest BCUT2D eigenvalue weighted by molar-refractivity contribution is 5.87. The molecule has 1 spiro atoms. The highest BCUT2D eigenvalue weighted by atomic mass is 16.4. The molecule has 1 saturated heterocycles. The highest BCUT2D eigenvalue weighted by Gasteiger charge is 2.39. The topological polar surface area (TPSA) is 52.6 Å². The standard InChI is InChI=1S/C17H24N2O2/c20-16(21)15-6-4-14(5-7-15)12-19-11-10-18-13-17(19)8-2-1-3-9-17/h4-7,18H,1-3,8-13H2,(H,20,21). The molecule has 0 atom stereocenters. The predicted molar refractivity (Wildman–Crippen MR) is 82.5 cm³/mol. The molecule has 0 radical (unpaired) electrons. The zero-order valence-electron chi connectivity index (χ0n) is 12.5. The zero-order valence-corrected chi connectivity index (χ0v) is 12.5. The Morgan fingerprint density at radius 3 is 2.57 bits per heavy atom. The fourth-order valence-electron chi connectivity index (χ4n) is 3.81. The first-order chi connectivity index (χ1) is 10.2. The van der Waals surface area contributed by atoms with Crippen LogP contribution in [0.25, 0.3) is 0 Å². The first kappa shape index (κ1) is 14.5. The third kappa shape index (κ3) is 3.11. The van der Waals surface area contributed by atoms with Crippen LogP contribution in [-0.4, -0.2) is 41.1 Å². The van der Waals surface area contributed by atoms with Crippen LogP contribution in [0.5, 0.6) is 0 Å². The van der Waals surface area contributed by atoms with Gasteiger partial charge in [0, 0.05) is 31.7 Å². The molecule has 21 heavy (non-hydrogen) atoms. The highest BCUT2D eigenvalue weighted by Crippen LogP contribution is 2.35. The van der Waals surface area contributed by atoms with Crippen LogP contribution in [-0.2, 0) is 6.54 Å². The van der Waals surface area contributed by atoms with Gasteiger partial charge in [-0.05, 0) is 30.5 Å². The lowest BCUT2D eigenvalue weighted by molar-refractivity contribution is 0.0209. The van der Waals surface area contributed by atoms with Gasteiger partial charge in [0.1, 0.15) is 0 Å². The molecule has 0 unspecified atom stereocenters. The molecule has 1 aromatic rings. The van der Waals surface area contributed by atoms with Crippen LogP contribution in [0.4, 0.5) is 0 Å². The number of carboxylic acid groups (broad SMARTS) is 1. The number of aromatic carboxylic acids is 1. The van der Waals surface area contributed by atoms with Crippen molar-refractivity contribution in [3.8, 4) is 0 Å². The minimum absolute atomic E-state index is 0.321. The largest absolute Gasteiger partial charge is 0.478 e. The van der Waals surface area contributed by atoms with Gasteiger partial charge in [0.25, 0.3) is 0 Å². The summed E-state index contributed by atoms with van der Waals surface area (Å²) in [5.74, 6) is -0.854. The molecule has 1 saturated carbocycles. The molecule has 2 fully saturated rings. The molecular formula is C17H24N2O2. The maximum Gasteiger partial charge on any atom is 0.335 e. The van der Waals surface area contributed by atoms with Gasteiger partial charge in [-0.2, -0.15) is 0 Å². The van der Waals surface area contributed by atoms with Gasteiger partial charge in [-0.3, -0.25) is 4.90 Å². The third-order valence-corrected chi connectivity index (χ3v) is 5.04. The summed E-state index contributed by atoms with van der Waals surface area (Å²) in [5, 5.41) is 12.5. The van der Waals surface area contributed by atoms with Crippen LogP contribution in [0.2, 0.25) is 0 Å². The molecular weight excluding hydrogens is 264 g/mol. The number of carboxylic acids is 1. The molecule has 2 aliphatic rings. The van der Waals surface area contributed by atoms with E-state index < -0.39 is 5.97 Å². The van der Waals surface area contributed by atoms with Crippen molar-refractivity contribution in [2.45, 2.75) is 44.2 Å². The minimum Gasteiger partial charge on any atom is -0.478 e. The van der Waals surface area contributed by atoms with E-state index in [4.69, 9.17) is 5.11 Å². The number of rotatable bonds is 3. The van der Waals surface area contributed by atoms with Crippen molar-refractivity contribution in [3.63, 3.8) is 0 Å². The second kappa shape index (κ2) is 6.16. The first-order valence-electron chi connectivity index (χ1n) is 7.98. The Balaban J connectivity index is 1.73. The van der Waals surface area contributed by atoms with E-state index in [0.717, 1.165) is 26.2 Å². The molecule has 114 valence electrons. The van der Waals surface area contributed by atoms with Crippen molar-refractivity contribution in [3.05, 3.63) is 35.4 Å². The van der Waals surface area contributed by atoms with Gasteiger partial charge < -0.3 is 10.4 Å². The maximum absolute atomic E-state index is 10.9. The number of piperazine rings is 1. The van der Waals surface area contributed by atoms with Gasteiger partial charge in [0.15, 0.2) is 0 Å². The predicted octanol–water partition coefficient (Wildman–Crippen LogP) is 2.49. The molecule has 1 heterocycles. The molecule has 2 N–H and O–H groups in total.